The van der Waals surface area contributed by atoms with Gasteiger partial charge in [0.25, 0.3) is 5.91 Å². The zero-order valence-electron chi connectivity index (χ0n) is 19.8. The Morgan fingerprint density at radius 3 is 2.35 bits per heavy atom. The number of thiazole rings is 1. The first-order chi connectivity index (χ1) is 16.4. The predicted octanol–water partition coefficient (Wildman–Crippen LogP) is 4.04. The molecule has 2 aromatic carbocycles. The fourth-order valence-corrected chi connectivity index (χ4v) is 4.60. The predicted molar refractivity (Wildman–Crippen MR) is 135 cm³/mol. The first-order valence-corrected chi connectivity index (χ1v) is 12.3. The number of anilines is 1. The van der Waals surface area contributed by atoms with Crippen molar-refractivity contribution in [2.45, 2.75) is 27.4 Å². The van der Waals surface area contributed by atoms with Crippen molar-refractivity contribution in [1.82, 2.24) is 14.8 Å². The molecule has 0 unspecified atom stereocenters. The average molecular weight is 479 g/mol. The van der Waals surface area contributed by atoms with Gasteiger partial charge in [-0.1, -0.05) is 35.9 Å². The smallest absolute Gasteiger partial charge is 0.273 e. The number of hydrogen-bond acceptors (Lipinski definition) is 6. The molecular weight excluding hydrogens is 448 g/mol. The summed E-state index contributed by atoms with van der Waals surface area (Å²) in [5, 5.41) is 5.59. The van der Waals surface area contributed by atoms with Crippen molar-refractivity contribution >= 4 is 28.8 Å². The number of ether oxygens (including phenoxy) is 1. The number of carbonyl (C=O) groups excluding carboxylic acids is 2. The molecule has 34 heavy (non-hydrogen) atoms. The maximum atomic E-state index is 12.9. The van der Waals surface area contributed by atoms with E-state index in [0.717, 1.165) is 27.6 Å². The first kappa shape index (κ1) is 23.9. The van der Waals surface area contributed by atoms with Crippen LogP contribution in [-0.4, -0.2) is 59.3 Å². The van der Waals surface area contributed by atoms with Crippen LogP contribution in [0.1, 0.15) is 32.2 Å². The summed E-state index contributed by atoms with van der Waals surface area (Å²) in [6, 6.07) is 13.8. The van der Waals surface area contributed by atoms with Crippen LogP contribution in [0.25, 0.3) is 0 Å². The van der Waals surface area contributed by atoms with E-state index in [-0.39, 0.29) is 11.8 Å². The van der Waals surface area contributed by atoms with Crippen LogP contribution in [0.2, 0.25) is 0 Å². The number of nitrogens with zero attached hydrogens (tertiary/aromatic N) is 3. The molecule has 7 nitrogen and oxygen atoms in total. The third-order valence-electron chi connectivity index (χ3n) is 5.93. The Morgan fingerprint density at radius 1 is 1.00 bits per heavy atom. The van der Waals surface area contributed by atoms with Gasteiger partial charge in [-0.3, -0.25) is 14.5 Å². The second-order valence-corrected chi connectivity index (χ2v) is 9.55. The molecule has 0 spiro atoms. The minimum absolute atomic E-state index is 0.0325. The topological polar surface area (TPSA) is 74.8 Å². The maximum absolute atomic E-state index is 12.9. The zero-order chi connectivity index (χ0) is 24.1. The molecule has 0 bridgehead atoms. The number of amides is 2. The molecule has 4 rings (SSSR count). The third-order valence-corrected chi connectivity index (χ3v) is 6.75. The number of aryl methyl sites for hydroxylation is 3. The summed E-state index contributed by atoms with van der Waals surface area (Å²) >= 11 is 1.43. The van der Waals surface area contributed by atoms with E-state index in [2.05, 4.69) is 15.2 Å². The van der Waals surface area contributed by atoms with E-state index in [4.69, 9.17) is 4.74 Å². The van der Waals surface area contributed by atoms with Crippen molar-refractivity contribution in [2.75, 3.05) is 38.0 Å². The lowest BCUT2D eigenvalue weighted by molar-refractivity contribution is -0.117. The molecule has 1 aliphatic heterocycles. The van der Waals surface area contributed by atoms with Crippen LogP contribution in [0.15, 0.2) is 47.8 Å². The molecule has 1 aromatic heterocycles. The van der Waals surface area contributed by atoms with E-state index in [1.807, 2.05) is 63.2 Å². The molecule has 0 aliphatic carbocycles. The second-order valence-electron chi connectivity index (χ2n) is 8.61. The Morgan fingerprint density at radius 2 is 1.68 bits per heavy atom. The van der Waals surface area contributed by atoms with Gasteiger partial charge in [0, 0.05) is 37.2 Å². The number of carbonyl (C=O) groups is 2. The number of para-hydroxylation sites is 1. The van der Waals surface area contributed by atoms with Gasteiger partial charge in [-0.25, -0.2) is 4.98 Å². The van der Waals surface area contributed by atoms with E-state index in [1.54, 1.807) is 10.3 Å². The van der Waals surface area contributed by atoms with Crippen LogP contribution < -0.4 is 10.1 Å². The third kappa shape index (κ3) is 6.01. The van der Waals surface area contributed by atoms with Crippen LogP contribution >= 0.6 is 11.3 Å². The highest BCUT2D eigenvalue weighted by molar-refractivity contribution is 7.09. The van der Waals surface area contributed by atoms with Crippen LogP contribution in [0.5, 0.6) is 5.75 Å². The zero-order valence-corrected chi connectivity index (χ0v) is 20.7. The van der Waals surface area contributed by atoms with Gasteiger partial charge in [-0.2, -0.15) is 0 Å². The SMILES string of the molecule is Cc1ccc(OCc2nc(C(=O)N3CCN(CC(=O)Nc4c(C)cccc4C)CC3)cs2)cc1. The molecule has 0 radical (unpaired) electrons. The highest BCUT2D eigenvalue weighted by Gasteiger charge is 2.25. The summed E-state index contributed by atoms with van der Waals surface area (Å²) in [5.74, 6) is 0.679. The van der Waals surface area contributed by atoms with Gasteiger partial charge in [0.1, 0.15) is 23.1 Å². The maximum Gasteiger partial charge on any atom is 0.273 e. The van der Waals surface area contributed by atoms with E-state index >= 15 is 0 Å². The fraction of sp³-hybridized carbons (Fsp3) is 0.346. The number of benzene rings is 2. The van der Waals surface area contributed by atoms with Crippen LogP contribution in [0.3, 0.4) is 0 Å². The Labute approximate surface area is 204 Å². The Bertz CT molecular complexity index is 1130. The monoisotopic (exact) mass is 478 g/mol. The molecule has 1 N–H and O–H groups in total. The molecule has 1 aliphatic rings. The normalized spacial score (nSPS) is 14.1. The van der Waals surface area contributed by atoms with Gasteiger partial charge in [0.2, 0.25) is 5.91 Å². The largest absolute Gasteiger partial charge is 0.486 e. The molecule has 1 fully saturated rings. The molecule has 1 saturated heterocycles. The second kappa shape index (κ2) is 10.8. The summed E-state index contributed by atoms with van der Waals surface area (Å²) in [6.45, 7) is 9.11. The Hall–Kier alpha value is -3.23. The van der Waals surface area contributed by atoms with Gasteiger partial charge >= 0.3 is 0 Å². The standard InChI is InChI=1S/C26H30N4O3S/c1-18-7-9-21(10-8-18)33-16-24-27-22(17-34-24)26(32)30-13-11-29(12-14-30)15-23(31)28-25-19(2)5-4-6-20(25)3/h4-10,17H,11-16H2,1-3H3,(H,28,31). The summed E-state index contributed by atoms with van der Waals surface area (Å²) in [6.07, 6.45) is 0. The van der Waals surface area contributed by atoms with Crippen molar-refractivity contribution in [3.8, 4) is 5.75 Å². The molecule has 178 valence electrons. The van der Waals surface area contributed by atoms with Crippen molar-refractivity contribution in [1.29, 1.82) is 0 Å². The molecule has 0 atom stereocenters. The summed E-state index contributed by atoms with van der Waals surface area (Å²) < 4.78 is 5.77. The van der Waals surface area contributed by atoms with Gasteiger partial charge in [0.15, 0.2) is 0 Å². The number of piperazine rings is 1. The molecular formula is C26H30N4O3S. The van der Waals surface area contributed by atoms with Gasteiger partial charge in [-0.05, 0) is 44.0 Å². The quantitative estimate of drug-likeness (QED) is 0.555. The number of nitrogens with one attached hydrogen (secondary N) is 1. The van der Waals surface area contributed by atoms with Gasteiger partial charge in [-0.15, -0.1) is 11.3 Å². The molecule has 2 heterocycles. The Balaban J connectivity index is 1.24. The lowest BCUT2D eigenvalue weighted by Gasteiger charge is -2.34. The molecule has 2 amide bonds. The van der Waals surface area contributed by atoms with E-state index < -0.39 is 0 Å². The molecule has 8 heteroatoms. The number of aromatic nitrogens is 1. The van der Waals surface area contributed by atoms with Crippen molar-refractivity contribution in [3.63, 3.8) is 0 Å². The van der Waals surface area contributed by atoms with Crippen LogP contribution in [-0.2, 0) is 11.4 Å². The van der Waals surface area contributed by atoms with E-state index in [0.29, 0.717) is 45.0 Å². The van der Waals surface area contributed by atoms with Crippen molar-refractivity contribution in [2.24, 2.45) is 0 Å². The highest BCUT2D eigenvalue weighted by atomic mass is 32.1. The molecule has 0 saturated carbocycles. The molecule has 3 aromatic rings. The summed E-state index contributed by atoms with van der Waals surface area (Å²) in [4.78, 5) is 33.8. The van der Waals surface area contributed by atoms with Gasteiger partial charge < -0.3 is 15.0 Å². The Kier molecular flexibility index (Phi) is 7.59. The summed E-state index contributed by atoms with van der Waals surface area (Å²) in [5.41, 5.74) is 4.61. The number of hydrogen-bond donors (Lipinski definition) is 1. The van der Waals surface area contributed by atoms with E-state index in [1.165, 1.54) is 16.9 Å². The highest BCUT2D eigenvalue weighted by Crippen LogP contribution is 2.20. The minimum Gasteiger partial charge on any atom is -0.486 e. The van der Waals surface area contributed by atoms with Crippen molar-refractivity contribution in [3.05, 3.63) is 75.2 Å². The lowest BCUT2D eigenvalue weighted by atomic mass is 10.1. The van der Waals surface area contributed by atoms with Crippen LogP contribution in [0.4, 0.5) is 5.69 Å². The first-order valence-electron chi connectivity index (χ1n) is 11.4. The van der Waals surface area contributed by atoms with Crippen LogP contribution in [0, 0.1) is 20.8 Å². The van der Waals surface area contributed by atoms with Crippen molar-refractivity contribution < 1.29 is 14.3 Å². The average Bonchev–Trinajstić information content (AvgIpc) is 3.30. The number of rotatable bonds is 7. The summed E-state index contributed by atoms with van der Waals surface area (Å²) in [7, 11) is 0. The fourth-order valence-electron chi connectivity index (χ4n) is 3.92. The van der Waals surface area contributed by atoms with E-state index in [9.17, 15) is 9.59 Å². The van der Waals surface area contributed by atoms with Gasteiger partial charge in [0.05, 0.1) is 6.54 Å². The lowest BCUT2D eigenvalue weighted by Crippen LogP contribution is -2.50. The minimum atomic E-state index is -0.0718.